The molecule has 2 nitrogen and oxygen atoms in total. The monoisotopic (exact) mass is 267 g/mol. The lowest BCUT2D eigenvalue weighted by Gasteiger charge is -2.36. The zero-order valence-electron chi connectivity index (χ0n) is 11.2. The lowest BCUT2D eigenvalue weighted by molar-refractivity contribution is -0.0266. The predicted octanol–water partition coefficient (Wildman–Crippen LogP) is 3.75. The Hall–Kier alpha value is -0.600. The summed E-state index contributed by atoms with van der Waals surface area (Å²) in [6.45, 7) is 4.94. The van der Waals surface area contributed by atoms with E-state index in [4.69, 9.17) is 16.3 Å². The van der Waals surface area contributed by atoms with Gasteiger partial charge in [0.05, 0.1) is 6.10 Å². The van der Waals surface area contributed by atoms with Crippen molar-refractivity contribution in [3.8, 4) is 0 Å². The normalized spacial score (nSPS) is 24.6. The van der Waals surface area contributed by atoms with Crippen molar-refractivity contribution in [2.75, 3.05) is 6.61 Å². The van der Waals surface area contributed by atoms with Crippen LogP contribution < -0.4 is 0 Å². The first-order valence-corrected chi connectivity index (χ1v) is 7.28. The van der Waals surface area contributed by atoms with E-state index < -0.39 is 0 Å². The number of halogens is 1. The molecule has 1 atom stereocenters. The third-order valence-electron chi connectivity index (χ3n) is 3.59. The highest BCUT2D eigenvalue weighted by atomic mass is 35.5. The number of alkyl halides is 1. The molecule has 3 heteroatoms. The van der Waals surface area contributed by atoms with Gasteiger partial charge in [0.1, 0.15) is 0 Å². The van der Waals surface area contributed by atoms with Gasteiger partial charge in [-0.05, 0) is 50.7 Å². The molecule has 1 unspecified atom stereocenters. The van der Waals surface area contributed by atoms with Gasteiger partial charge in [-0.2, -0.15) is 0 Å². The van der Waals surface area contributed by atoms with Crippen LogP contribution in [0.4, 0.5) is 0 Å². The third kappa shape index (κ3) is 3.96. The molecule has 1 aromatic rings. The van der Waals surface area contributed by atoms with Crippen LogP contribution in [0.3, 0.4) is 0 Å². The van der Waals surface area contributed by atoms with Crippen molar-refractivity contribution in [3.05, 3.63) is 29.6 Å². The molecule has 1 saturated carbocycles. The van der Waals surface area contributed by atoms with Crippen LogP contribution in [-0.2, 0) is 11.2 Å². The Kier molecular flexibility index (Phi) is 5.02. The van der Waals surface area contributed by atoms with E-state index in [1.807, 2.05) is 6.20 Å². The maximum Gasteiger partial charge on any atom is 0.0580 e. The highest BCUT2D eigenvalue weighted by Crippen LogP contribution is 2.35. The van der Waals surface area contributed by atoms with Gasteiger partial charge in [-0.3, -0.25) is 4.98 Å². The Balaban J connectivity index is 1.70. The Morgan fingerprint density at radius 3 is 2.83 bits per heavy atom. The summed E-state index contributed by atoms with van der Waals surface area (Å²) in [6, 6.07) is 4.18. The van der Waals surface area contributed by atoms with Crippen molar-refractivity contribution in [1.82, 2.24) is 4.98 Å². The first-order chi connectivity index (χ1) is 8.67. The lowest BCUT2D eigenvalue weighted by atomic mass is 9.79. The lowest BCUT2D eigenvalue weighted by Crippen LogP contribution is -2.33. The van der Waals surface area contributed by atoms with E-state index in [0.29, 0.717) is 6.10 Å². The van der Waals surface area contributed by atoms with Gasteiger partial charge in [0, 0.05) is 30.3 Å². The fourth-order valence-electron chi connectivity index (χ4n) is 2.53. The third-order valence-corrected chi connectivity index (χ3v) is 3.92. The van der Waals surface area contributed by atoms with Gasteiger partial charge in [0.25, 0.3) is 0 Å². The molecule has 0 aliphatic heterocycles. The van der Waals surface area contributed by atoms with Crippen molar-refractivity contribution in [2.24, 2.45) is 5.92 Å². The summed E-state index contributed by atoms with van der Waals surface area (Å²) in [5.41, 5.74) is 2.30. The SMILES string of the molecule is CCOC1CC(CC(Cl)Cc2ccc(C)cn2)C1. The molecule has 1 aliphatic rings. The molecule has 1 aliphatic carbocycles. The summed E-state index contributed by atoms with van der Waals surface area (Å²) >= 11 is 6.41. The molecule has 0 saturated heterocycles. The first kappa shape index (κ1) is 13.8. The Labute approximate surface area is 115 Å². The van der Waals surface area contributed by atoms with Gasteiger partial charge in [-0.15, -0.1) is 11.6 Å². The number of aromatic nitrogens is 1. The molecular formula is C15H22ClNO. The van der Waals surface area contributed by atoms with Gasteiger partial charge in [0.15, 0.2) is 0 Å². The van der Waals surface area contributed by atoms with Crippen LogP contribution in [0.25, 0.3) is 0 Å². The van der Waals surface area contributed by atoms with Crippen LogP contribution in [0, 0.1) is 12.8 Å². The number of rotatable bonds is 6. The topological polar surface area (TPSA) is 22.1 Å². The zero-order valence-corrected chi connectivity index (χ0v) is 12.0. The van der Waals surface area contributed by atoms with Crippen molar-refractivity contribution in [1.29, 1.82) is 0 Å². The van der Waals surface area contributed by atoms with Gasteiger partial charge >= 0.3 is 0 Å². The molecule has 0 N–H and O–H groups in total. The molecule has 100 valence electrons. The van der Waals surface area contributed by atoms with E-state index in [0.717, 1.165) is 31.1 Å². The van der Waals surface area contributed by atoms with E-state index in [9.17, 15) is 0 Å². The van der Waals surface area contributed by atoms with E-state index in [2.05, 4.69) is 31.0 Å². The van der Waals surface area contributed by atoms with E-state index in [1.165, 1.54) is 18.4 Å². The highest BCUT2D eigenvalue weighted by molar-refractivity contribution is 6.20. The number of pyridine rings is 1. The Morgan fingerprint density at radius 2 is 2.22 bits per heavy atom. The second-order valence-corrected chi connectivity index (χ2v) is 5.90. The van der Waals surface area contributed by atoms with Crippen LogP contribution >= 0.6 is 11.6 Å². The summed E-state index contributed by atoms with van der Waals surface area (Å²) in [5.74, 6) is 0.745. The largest absolute Gasteiger partial charge is 0.378 e. The molecular weight excluding hydrogens is 246 g/mol. The molecule has 0 radical (unpaired) electrons. The van der Waals surface area contributed by atoms with Crippen molar-refractivity contribution < 1.29 is 4.74 Å². The van der Waals surface area contributed by atoms with Gasteiger partial charge < -0.3 is 4.74 Å². The van der Waals surface area contributed by atoms with Gasteiger partial charge in [-0.25, -0.2) is 0 Å². The fourth-order valence-corrected chi connectivity index (χ4v) is 2.94. The quantitative estimate of drug-likeness (QED) is 0.733. The van der Waals surface area contributed by atoms with Crippen LogP contribution in [0.15, 0.2) is 18.3 Å². The molecule has 0 spiro atoms. The van der Waals surface area contributed by atoms with Crippen molar-refractivity contribution in [3.63, 3.8) is 0 Å². The van der Waals surface area contributed by atoms with Crippen LogP contribution in [-0.4, -0.2) is 23.1 Å². The van der Waals surface area contributed by atoms with Crippen molar-refractivity contribution >= 4 is 11.6 Å². The predicted molar refractivity (Wildman–Crippen MR) is 75.1 cm³/mol. The van der Waals surface area contributed by atoms with Crippen LogP contribution in [0.2, 0.25) is 0 Å². The number of nitrogens with zero attached hydrogens (tertiary/aromatic N) is 1. The average molecular weight is 268 g/mol. The van der Waals surface area contributed by atoms with E-state index in [-0.39, 0.29) is 5.38 Å². The van der Waals surface area contributed by atoms with Gasteiger partial charge in [-0.1, -0.05) is 6.07 Å². The molecule has 0 amide bonds. The molecule has 2 rings (SSSR count). The molecule has 18 heavy (non-hydrogen) atoms. The fraction of sp³-hybridized carbons (Fsp3) is 0.667. The van der Waals surface area contributed by atoms with Crippen molar-refractivity contribution in [2.45, 2.75) is 51.0 Å². The minimum Gasteiger partial charge on any atom is -0.378 e. The summed E-state index contributed by atoms with van der Waals surface area (Å²) in [7, 11) is 0. The Bertz CT molecular complexity index is 359. The number of hydrogen-bond acceptors (Lipinski definition) is 2. The van der Waals surface area contributed by atoms with E-state index in [1.54, 1.807) is 0 Å². The summed E-state index contributed by atoms with van der Waals surface area (Å²) < 4.78 is 5.57. The van der Waals surface area contributed by atoms with Crippen LogP contribution in [0.1, 0.15) is 37.4 Å². The number of ether oxygens (including phenoxy) is 1. The number of aryl methyl sites for hydroxylation is 1. The molecule has 1 aromatic heterocycles. The standard InChI is InChI=1S/C15H22ClNO/c1-3-18-15-7-12(8-15)6-13(16)9-14-5-4-11(2)10-17-14/h4-5,10,12-13,15H,3,6-9H2,1-2H3. The smallest absolute Gasteiger partial charge is 0.0580 e. The maximum atomic E-state index is 6.41. The zero-order chi connectivity index (χ0) is 13.0. The minimum atomic E-state index is 0.202. The Morgan fingerprint density at radius 1 is 1.44 bits per heavy atom. The summed E-state index contributed by atoms with van der Waals surface area (Å²) in [6.07, 6.45) is 6.71. The highest BCUT2D eigenvalue weighted by Gasteiger charge is 2.30. The maximum absolute atomic E-state index is 6.41. The van der Waals surface area contributed by atoms with Crippen LogP contribution in [0.5, 0.6) is 0 Å². The first-order valence-electron chi connectivity index (χ1n) is 6.84. The molecule has 1 heterocycles. The average Bonchev–Trinajstić information content (AvgIpc) is 2.29. The van der Waals surface area contributed by atoms with Gasteiger partial charge in [0.2, 0.25) is 0 Å². The van der Waals surface area contributed by atoms with E-state index >= 15 is 0 Å². The second-order valence-electron chi connectivity index (χ2n) is 5.28. The number of hydrogen-bond donors (Lipinski definition) is 0. The summed E-state index contributed by atoms with van der Waals surface area (Å²) in [4.78, 5) is 4.40. The second kappa shape index (κ2) is 6.53. The minimum absolute atomic E-state index is 0.202. The molecule has 0 aromatic carbocycles. The molecule has 0 bridgehead atoms. The summed E-state index contributed by atoms with van der Waals surface area (Å²) in [5, 5.41) is 0.202. The molecule has 1 fully saturated rings.